The Labute approximate surface area is 169 Å². The van der Waals surface area contributed by atoms with E-state index in [1.54, 1.807) is 48.5 Å². The maximum absolute atomic E-state index is 12.6. The summed E-state index contributed by atoms with van der Waals surface area (Å²) in [4.78, 5) is 12.7. The second-order valence-corrected chi connectivity index (χ2v) is 9.23. The molecule has 1 amide bonds. The van der Waals surface area contributed by atoms with E-state index in [1.165, 1.54) is 4.31 Å². The van der Waals surface area contributed by atoms with Crippen LogP contribution in [-0.2, 0) is 21.4 Å². The van der Waals surface area contributed by atoms with Crippen LogP contribution in [0.4, 0.5) is 0 Å². The third-order valence-corrected chi connectivity index (χ3v) is 7.17. The van der Waals surface area contributed by atoms with Gasteiger partial charge in [0.15, 0.2) is 0 Å². The predicted octanol–water partition coefficient (Wildman–Crippen LogP) is 3.71. The standard InChI is InChI=1S/C19H20Cl2N2O3S/c20-16-7-6-15(18(21)12-16)13-22-19(24)14-8-10-23(11-9-14)27(25,26)17-4-2-1-3-5-17/h1-7,12,14H,8-11,13H2,(H,22,24). The predicted molar refractivity (Wildman–Crippen MR) is 106 cm³/mol. The summed E-state index contributed by atoms with van der Waals surface area (Å²) < 4.78 is 26.7. The smallest absolute Gasteiger partial charge is 0.243 e. The lowest BCUT2D eigenvalue weighted by molar-refractivity contribution is -0.126. The number of amides is 1. The van der Waals surface area contributed by atoms with Crippen LogP contribution in [0.3, 0.4) is 0 Å². The monoisotopic (exact) mass is 426 g/mol. The fraction of sp³-hybridized carbons (Fsp3) is 0.316. The largest absolute Gasteiger partial charge is 0.352 e. The first-order valence-electron chi connectivity index (χ1n) is 8.65. The highest BCUT2D eigenvalue weighted by molar-refractivity contribution is 7.89. The van der Waals surface area contributed by atoms with Crippen molar-refractivity contribution in [2.45, 2.75) is 24.3 Å². The zero-order valence-electron chi connectivity index (χ0n) is 14.6. The molecule has 0 radical (unpaired) electrons. The van der Waals surface area contributed by atoms with Crippen LogP contribution in [-0.4, -0.2) is 31.7 Å². The quantitative estimate of drug-likeness (QED) is 0.791. The van der Waals surface area contributed by atoms with Gasteiger partial charge in [-0.3, -0.25) is 4.79 Å². The molecule has 3 rings (SSSR count). The summed E-state index contributed by atoms with van der Waals surface area (Å²) in [6, 6.07) is 13.5. The van der Waals surface area contributed by atoms with Gasteiger partial charge >= 0.3 is 0 Å². The van der Waals surface area contributed by atoms with E-state index in [0.29, 0.717) is 42.5 Å². The van der Waals surface area contributed by atoms with E-state index >= 15 is 0 Å². The third-order valence-electron chi connectivity index (χ3n) is 4.67. The molecule has 1 aliphatic rings. The van der Waals surface area contributed by atoms with E-state index in [-0.39, 0.29) is 16.7 Å². The Bertz CT molecular complexity index is 912. The molecule has 1 aliphatic heterocycles. The molecule has 1 N–H and O–H groups in total. The Morgan fingerprint density at radius 2 is 1.74 bits per heavy atom. The van der Waals surface area contributed by atoms with Crippen molar-refractivity contribution in [3.05, 3.63) is 64.1 Å². The lowest BCUT2D eigenvalue weighted by atomic mass is 9.97. The van der Waals surface area contributed by atoms with E-state index in [4.69, 9.17) is 23.2 Å². The highest BCUT2D eigenvalue weighted by atomic mass is 35.5. The van der Waals surface area contributed by atoms with Crippen molar-refractivity contribution in [1.29, 1.82) is 0 Å². The molecule has 1 fully saturated rings. The first-order valence-corrected chi connectivity index (χ1v) is 10.8. The molecule has 0 saturated carbocycles. The molecule has 0 aromatic heterocycles. The van der Waals surface area contributed by atoms with E-state index in [9.17, 15) is 13.2 Å². The van der Waals surface area contributed by atoms with Crippen molar-refractivity contribution < 1.29 is 13.2 Å². The number of carbonyl (C=O) groups is 1. The van der Waals surface area contributed by atoms with E-state index in [0.717, 1.165) is 5.56 Å². The summed E-state index contributed by atoms with van der Waals surface area (Å²) in [6.45, 7) is 0.978. The Balaban J connectivity index is 1.55. The van der Waals surface area contributed by atoms with Gasteiger partial charge in [-0.25, -0.2) is 8.42 Å². The number of hydrogen-bond donors (Lipinski definition) is 1. The molecule has 0 atom stereocenters. The lowest BCUT2D eigenvalue weighted by Crippen LogP contribution is -2.42. The minimum absolute atomic E-state index is 0.0854. The van der Waals surface area contributed by atoms with Crippen LogP contribution in [0.2, 0.25) is 10.0 Å². The van der Waals surface area contributed by atoms with Crippen LogP contribution in [0.25, 0.3) is 0 Å². The van der Waals surface area contributed by atoms with Crippen LogP contribution in [0.1, 0.15) is 18.4 Å². The number of benzene rings is 2. The minimum atomic E-state index is -3.50. The maximum atomic E-state index is 12.6. The Morgan fingerprint density at radius 1 is 1.07 bits per heavy atom. The van der Waals surface area contributed by atoms with Gasteiger partial charge in [-0.15, -0.1) is 0 Å². The van der Waals surface area contributed by atoms with Gasteiger partial charge in [-0.05, 0) is 42.7 Å². The van der Waals surface area contributed by atoms with Crippen LogP contribution < -0.4 is 5.32 Å². The molecule has 1 heterocycles. The summed E-state index contributed by atoms with van der Waals surface area (Å²) in [6.07, 6.45) is 0.985. The van der Waals surface area contributed by atoms with Crippen LogP contribution in [0.15, 0.2) is 53.4 Å². The third kappa shape index (κ3) is 4.82. The summed E-state index contributed by atoms with van der Waals surface area (Å²) in [5.74, 6) is -0.295. The summed E-state index contributed by atoms with van der Waals surface area (Å²) in [5, 5.41) is 3.93. The van der Waals surface area contributed by atoms with Gasteiger partial charge in [0.1, 0.15) is 0 Å². The van der Waals surface area contributed by atoms with E-state index in [2.05, 4.69) is 5.32 Å². The molecule has 27 heavy (non-hydrogen) atoms. The number of rotatable bonds is 5. The first kappa shape index (κ1) is 20.1. The van der Waals surface area contributed by atoms with Gasteiger partial charge < -0.3 is 5.32 Å². The normalized spacial score (nSPS) is 16.2. The number of hydrogen-bond acceptors (Lipinski definition) is 3. The zero-order chi connectivity index (χ0) is 19.4. The fourth-order valence-corrected chi connectivity index (χ4v) is 5.06. The molecule has 2 aromatic carbocycles. The molecule has 144 valence electrons. The van der Waals surface area contributed by atoms with Gasteiger partial charge in [-0.1, -0.05) is 47.5 Å². The van der Waals surface area contributed by atoms with Gasteiger partial charge in [-0.2, -0.15) is 4.31 Å². The van der Waals surface area contributed by atoms with Crippen molar-refractivity contribution in [2.24, 2.45) is 5.92 Å². The Kier molecular flexibility index (Phi) is 6.42. The molecule has 0 unspecified atom stereocenters. The van der Waals surface area contributed by atoms with Crippen molar-refractivity contribution in [3.8, 4) is 0 Å². The van der Waals surface area contributed by atoms with Gasteiger partial charge in [0.25, 0.3) is 0 Å². The number of halogens is 2. The SMILES string of the molecule is O=C(NCc1ccc(Cl)cc1Cl)C1CCN(S(=O)(=O)c2ccccc2)CC1. The highest BCUT2D eigenvalue weighted by Crippen LogP contribution is 2.25. The molecular formula is C19H20Cl2N2O3S. The van der Waals surface area contributed by atoms with Crippen molar-refractivity contribution in [3.63, 3.8) is 0 Å². The molecule has 0 bridgehead atoms. The average molecular weight is 427 g/mol. The molecule has 5 nitrogen and oxygen atoms in total. The van der Waals surface area contributed by atoms with E-state index < -0.39 is 10.0 Å². The Morgan fingerprint density at radius 3 is 2.37 bits per heavy atom. The van der Waals surface area contributed by atoms with Gasteiger partial charge in [0.05, 0.1) is 4.90 Å². The lowest BCUT2D eigenvalue weighted by Gasteiger charge is -2.30. The second-order valence-electron chi connectivity index (χ2n) is 6.44. The number of nitrogens with one attached hydrogen (secondary N) is 1. The minimum Gasteiger partial charge on any atom is -0.352 e. The Hall–Kier alpha value is -1.60. The van der Waals surface area contributed by atoms with Crippen molar-refractivity contribution >= 4 is 39.1 Å². The molecule has 0 spiro atoms. The molecule has 2 aromatic rings. The van der Waals surface area contributed by atoms with Gasteiger partial charge in [0.2, 0.25) is 15.9 Å². The van der Waals surface area contributed by atoms with Crippen LogP contribution >= 0.6 is 23.2 Å². The summed E-state index contributed by atoms with van der Waals surface area (Å²) in [5.41, 5.74) is 0.790. The number of sulfonamides is 1. The van der Waals surface area contributed by atoms with Gasteiger partial charge in [0, 0.05) is 35.6 Å². The molecule has 8 heteroatoms. The number of nitrogens with zero attached hydrogens (tertiary/aromatic N) is 1. The average Bonchev–Trinajstić information content (AvgIpc) is 2.68. The van der Waals surface area contributed by atoms with Crippen LogP contribution in [0.5, 0.6) is 0 Å². The number of piperidine rings is 1. The van der Waals surface area contributed by atoms with E-state index in [1.807, 2.05) is 0 Å². The maximum Gasteiger partial charge on any atom is 0.243 e. The second kappa shape index (κ2) is 8.61. The number of carbonyl (C=O) groups excluding carboxylic acids is 1. The van der Waals surface area contributed by atoms with Crippen molar-refractivity contribution in [2.75, 3.05) is 13.1 Å². The molecular weight excluding hydrogens is 407 g/mol. The van der Waals surface area contributed by atoms with Crippen LogP contribution in [0, 0.1) is 5.92 Å². The molecule has 1 saturated heterocycles. The topological polar surface area (TPSA) is 66.5 Å². The molecule has 0 aliphatic carbocycles. The highest BCUT2D eigenvalue weighted by Gasteiger charge is 2.31. The summed E-state index contributed by atoms with van der Waals surface area (Å²) >= 11 is 12.0. The summed E-state index contributed by atoms with van der Waals surface area (Å²) in [7, 11) is -3.50. The van der Waals surface area contributed by atoms with Crippen molar-refractivity contribution in [1.82, 2.24) is 9.62 Å². The zero-order valence-corrected chi connectivity index (χ0v) is 16.9. The first-order chi connectivity index (χ1) is 12.9. The fourth-order valence-electron chi connectivity index (χ4n) is 3.09.